The molecule has 0 unspecified atom stereocenters. The molecule has 1 fully saturated rings. The molecule has 0 saturated carbocycles. The number of hydrogen-bond donors (Lipinski definition) is 0. The smallest absolute Gasteiger partial charge is 0.253 e. The largest absolute Gasteiger partial charge is 0.353 e. The summed E-state index contributed by atoms with van der Waals surface area (Å²) in [7, 11) is 0. The minimum Gasteiger partial charge on any atom is -0.353 e. The van der Waals surface area contributed by atoms with Gasteiger partial charge in [0.1, 0.15) is 5.82 Å². The SMILES string of the molecule is Cc1cccc(-c2nc(C)c(C)c(N3CCN(C(=O)c4ccc(-c5ccccc5)cc4)CC3)n2)c1. The Morgan fingerprint density at radius 2 is 1.37 bits per heavy atom. The fraction of sp³-hybridized carbons (Fsp3) is 0.233. The van der Waals surface area contributed by atoms with Crippen LogP contribution in [0.15, 0.2) is 78.9 Å². The van der Waals surface area contributed by atoms with E-state index < -0.39 is 0 Å². The highest BCUT2D eigenvalue weighted by Crippen LogP contribution is 2.26. The van der Waals surface area contributed by atoms with Crippen molar-refractivity contribution in [2.45, 2.75) is 20.8 Å². The van der Waals surface area contributed by atoms with E-state index in [1.165, 1.54) is 5.56 Å². The van der Waals surface area contributed by atoms with E-state index in [0.29, 0.717) is 13.1 Å². The Labute approximate surface area is 207 Å². The van der Waals surface area contributed by atoms with Crippen LogP contribution in [-0.2, 0) is 0 Å². The maximum atomic E-state index is 13.2. The third-order valence-electron chi connectivity index (χ3n) is 6.75. The number of carbonyl (C=O) groups is 1. The topological polar surface area (TPSA) is 49.3 Å². The van der Waals surface area contributed by atoms with Crippen LogP contribution in [0.3, 0.4) is 0 Å². The predicted molar refractivity (Wildman–Crippen MR) is 142 cm³/mol. The molecule has 2 heterocycles. The van der Waals surface area contributed by atoms with Gasteiger partial charge in [0.25, 0.3) is 5.91 Å². The van der Waals surface area contributed by atoms with Gasteiger partial charge in [0.05, 0.1) is 0 Å². The van der Waals surface area contributed by atoms with Gasteiger partial charge in [0.2, 0.25) is 0 Å². The predicted octanol–water partition coefficient (Wildman–Crippen LogP) is 5.70. The van der Waals surface area contributed by atoms with Crippen molar-refractivity contribution >= 4 is 11.7 Å². The van der Waals surface area contributed by atoms with Gasteiger partial charge in [-0.25, -0.2) is 9.97 Å². The van der Waals surface area contributed by atoms with E-state index in [9.17, 15) is 4.79 Å². The maximum absolute atomic E-state index is 13.2. The molecular weight excluding hydrogens is 432 g/mol. The van der Waals surface area contributed by atoms with Crippen molar-refractivity contribution in [3.63, 3.8) is 0 Å². The molecule has 1 amide bonds. The molecule has 176 valence electrons. The lowest BCUT2D eigenvalue weighted by molar-refractivity contribution is 0.0746. The zero-order valence-electron chi connectivity index (χ0n) is 20.5. The molecule has 5 rings (SSSR count). The molecule has 1 aliphatic rings. The average Bonchev–Trinajstić information content (AvgIpc) is 2.90. The Morgan fingerprint density at radius 1 is 0.714 bits per heavy atom. The van der Waals surface area contributed by atoms with E-state index in [0.717, 1.165) is 58.2 Å². The minimum atomic E-state index is 0.0836. The Hall–Kier alpha value is -3.99. The summed E-state index contributed by atoms with van der Waals surface area (Å²) in [4.78, 5) is 27.1. The summed E-state index contributed by atoms with van der Waals surface area (Å²) < 4.78 is 0. The van der Waals surface area contributed by atoms with Gasteiger partial charge in [0, 0.05) is 48.6 Å². The van der Waals surface area contributed by atoms with Gasteiger partial charge < -0.3 is 9.80 Å². The first-order valence-corrected chi connectivity index (χ1v) is 12.1. The number of amides is 1. The van der Waals surface area contributed by atoms with Crippen molar-refractivity contribution in [3.05, 3.63) is 101 Å². The standard InChI is InChI=1S/C30H30N4O/c1-21-8-7-11-27(20-21)28-31-23(3)22(2)29(32-28)33-16-18-34(19-17-33)30(35)26-14-12-25(13-15-26)24-9-5-4-6-10-24/h4-15,20H,16-19H2,1-3H3. The normalized spacial score (nSPS) is 13.7. The molecule has 35 heavy (non-hydrogen) atoms. The van der Waals surface area contributed by atoms with Crippen LogP contribution in [0.1, 0.15) is 27.2 Å². The lowest BCUT2D eigenvalue weighted by Gasteiger charge is -2.36. The highest BCUT2D eigenvalue weighted by molar-refractivity contribution is 5.95. The van der Waals surface area contributed by atoms with Gasteiger partial charge in [-0.15, -0.1) is 0 Å². The van der Waals surface area contributed by atoms with Gasteiger partial charge in [-0.3, -0.25) is 4.79 Å². The highest BCUT2D eigenvalue weighted by atomic mass is 16.2. The van der Waals surface area contributed by atoms with Crippen molar-refractivity contribution in [1.29, 1.82) is 0 Å². The van der Waals surface area contributed by atoms with Crippen LogP contribution in [0.2, 0.25) is 0 Å². The molecule has 0 bridgehead atoms. The fourth-order valence-corrected chi connectivity index (χ4v) is 4.57. The van der Waals surface area contributed by atoms with Crippen molar-refractivity contribution in [2.75, 3.05) is 31.1 Å². The number of nitrogens with zero attached hydrogens (tertiary/aromatic N) is 4. The number of aryl methyl sites for hydroxylation is 2. The first-order valence-electron chi connectivity index (χ1n) is 12.1. The second-order valence-electron chi connectivity index (χ2n) is 9.17. The highest BCUT2D eigenvalue weighted by Gasteiger charge is 2.25. The summed E-state index contributed by atoms with van der Waals surface area (Å²) in [5.74, 6) is 1.80. The number of carbonyl (C=O) groups excluding carboxylic acids is 1. The monoisotopic (exact) mass is 462 g/mol. The van der Waals surface area contributed by atoms with Gasteiger partial charge in [0.15, 0.2) is 5.82 Å². The summed E-state index contributed by atoms with van der Waals surface area (Å²) in [6.07, 6.45) is 0. The average molecular weight is 463 g/mol. The zero-order chi connectivity index (χ0) is 24.4. The van der Waals surface area contributed by atoms with Gasteiger partial charge in [-0.1, -0.05) is 66.2 Å². The van der Waals surface area contributed by atoms with E-state index in [-0.39, 0.29) is 5.91 Å². The number of rotatable bonds is 4. The Balaban J connectivity index is 1.29. The molecule has 0 radical (unpaired) electrons. The van der Waals surface area contributed by atoms with Crippen molar-refractivity contribution in [2.24, 2.45) is 0 Å². The molecular formula is C30H30N4O. The Bertz CT molecular complexity index is 1340. The maximum Gasteiger partial charge on any atom is 0.253 e. The number of piperazine rings is 1. The third-order valence-corrected chi connectivity index (χ3v) is 6.75. The number of aromatic nitrogens is 2. The summed E-state index contributed by atoms with van der Waals surface area (Å²) in [5, 5.41) is 0. The van der Waals surface area contributed by atoms with Crippen LogP contribution in [0, 0.1) is 20.8 Å². The molecule has 0 aliphatic carbocycles. The summed E-state index contributed by atoms with van der Waals surface area (Å²) in [5.41, 5.74) is 7.30. The van der Waals surface area contributed by atoms with Crippen molar-refractivity contribution in [1.82, 2.24) is 14.9 Å². The molecule has 0 atom stereocenters. The summed E-state index contributed by atoms with van der Waals surface area (Å²) in [6.45, 7) is 9.03. The molecule has 5 nitrogen and oxygen atoms in total. The molecule has 0 N–H and O–H groups in total. The van der Waals surface area contributed by atoms with Crippen LogP contribution in [0.25, 0.3) is 22.5 Å². The van der Waals surface area contributed by atoms with E-state index in [1.807, 2.05) is 60.4 Å². The van der Waals surface area contributed by atoms with Crippen molar-refractivity contribution < 1.29 is 4.79 Å². The lowest BCUT2D eigenvalue weighted by Crippen LogP contribution is -2.49. The van der Waals surface area contributed by atoms with E-state index in [1.54, 1.807) is 0 Å². The summed E-state index contributed by atoms with van der Waals surface area (Å²) in [6, 6.07) is 26.4. The number of hydrogen-bond acceptors (Lipinski definition) is 4. The first-order chi connectivity index (χ1) is 17.0. The summed E-state index contributed by atoms with van der Waals surface area (Å²) >= 11 is 0. The number of benzene rings is 3. The van der Waals surface area contributed by atoms with Crippen LogP contribution in [0.4, 0.5) is 5.82 Å². The van der Waals surface area contributed by atoms with Crippen LogP contribution >= 0.6 is 0 Å². The molecule has 3 aromatic carbocycles. The first kappa shape index (κ1) is 22.8. The van der Waals surface area contributed by atoms with Crippen molar-refractivity contribution in [3.8, 4) is 22.5 Å². The van der Waals surface area contributed by atoms with Gasteiger partial charge in [-0.05, 0) is 50.1 Å². The van der Waals surface area contributed by atoms with E-state index in [4.69, 9.17) is 9.97 Å². The quantitative estimate of drug-likeness (QED) is 0.390. The minimum absolute atomic E-state index is 0.0836. The van der Waals surface area contributed by atoms with E-state index >= 15 is 0 Å². The molecule has 5 heteroatoms. The third kappa shape index (κ3) is 4.80. The second-order valence-corrected chi connectivity index (χ2v) is 9.17. The lowest BCUT2D eigenvalue weighted by atomic mass is 10.0. The molecule has 1 aromatic heterocycles. The van der Waals surface area contributed by atoms with Gasteiger partial charge >= 0.3 is 0 Å². The second kappa shape index (κ2) is 9.71. The van der Waals surface area contributed by atoms with Crippen LogP contribution in [0.5, 0.6) is 0 Å². The Morgan fingerprint density at radius 3 is 2.06 bits per heavy atom. The zero-order valence-corrected chi connectivity index (χ0v) is 20.5. The molecule has 1 saturated heterocycles. The molecule has 4 aromatic rings. The van der Waals surface area contributed by atoms with Gasteiger partial charge in [-0.2, -0.15) is 0 Å². The molecule has 1 aliphatic heterocycles. The van der Waals surface area contributed by atoms with Crippen LogP contribution in [-0.4, -0.2) is 47.0 Å². The van der Waals surface area contributed by atoms with E-state index in [2.05, 4.69) is 49.1 Å². The van der Waals surface area contributed by atoms with Crippen LogP contribution < -0.4 is 4.90 Å². The fourth-order valence-electron chi connectivity index (χ4n) is 4.57. The number of anilines is 1. The Kier molecular flexibility index (Phi) is 6.32. The molecule has 0 spiro atoms.